The predicted octanol–water partition coefficient (Wildman–Crippen LogP) is 4.63. The van der Waals surface area contributed by atoms with Crippen LogP contribution in [0, 0.1) is 23.7 Å². The molecular weight excluding hydrogens is 336 g/mol. The highest BCUT2D eigenvalue weighted by atomic mass is 32.2. The Morgan fingerprint density at radius 3 is 2.68 bits per heavy atom. The summed E-state index contributed by atoms with van der Waals surface area (Å²) in [6.07, 6.45) is 11.3. The van der Waals surface area contributed by atoms with E-state index in [0.717, 1.165) is 44.3 Å². The Balaban J connectivity index is 1.78. The van der Waals surface area contributed by atoms with Crippen molar-refractivity contribution in [3.8, 4) is 0 Å². The third-order valence-corrected chi connectivity index (χ3v) is 6.89. The summed E-state index contributed by atoms with van der Waals surface area (Å²) in [5, 5.41) is 29.6. The van der Waals surface area contributed by atoms with E-state index in [4.69, 9.17) is 5.11 Å². The maximum absolute atomic E-state index is 10.6. The average Bonchev–Trinajstić information content (AvgIpc) is 3.06. The summed E-state index contributed by atoms with van der Waals surface area (Å²) in [5.41, 5.74) is 0. The molecule has 2 rings (SSSR count). The summed E-state index contributed by atoms with van der Waals surface area (Å²) in [5.74, 6) is 2.20. The maximum atomic E-state index is 10.6. The molecule has 5 atom stereocenters. The number of carbonyl (C=O) groups is 1. The minimum Gasteiger partial charge on any atom is -0.512 e. The van der Waals surface area contributed by atoms with E-state index in [9.17, 15) is 15.0 Å². The number of thioether (sulfide) groups is 1. The summed E-state index contributed by atoms with van der Waals surface area (Å²) in [6.45, 7) is 2.19. The minimum atomic E-state index is -0.745. The molecule has 0 saturated heterocycles. The number of aliphatic carboxylic acids is 1. The maximum Gasteiger partial charge on any atom is 0.313 e. The van der Waals surface area contributed by atoms with Crippen LogP contribution in [0.5, 0.6) is 0 Å². The first-order valence-corrected chi connectivity index (χ1v) is 11.0. The van der Waals surface area contributed by atoms with E-state index in [0.29, 0.717) is 23.5 Å². The van der Waals surface area contributed by atoms with Crippen molar-refractivity contribution in [1.29, 1.82) is 0 Å². The largest absolute Gasteiger partial charge is 0.512 e. The fourth-order valence-electron chi connectivity index (χ4n) is 4.75. The molecule has 0 aliphatic heterocycles. The van der Waals surface area contributed by atoms with Gasteiger partial charge in [-0.25, -0.2) is 0 Å². The Morgan fingerprint density at radius 1 is 1.16 bits per heavy atom. The molecule has 2 aliphatic carbocycles. The van der Waals surface area contributed by atoms with Gasteiger partial charge in [-0.1, -0.05) is 26.2 Å². The number of carboxylic acids is 1. The fraction of sp³-hybridized carbons (Fsp3) is 0.850. The van der Waals surface area contributed by atoms with Gasteiger partial charge in [0.2, 0.25) is 0 Å². The third-order valence-electron chi connectivity index (χ3n) is 5.92. The van der Waals surface area contributed by atoms with Gasteiger partial charge in [-0.2, -0.15) is 11.8 Å². The fourth-order valence-corrected chi connectivity index (χ4v) is 5.57. The number of unbranched alkanes of at least 4 members (excludes halogenated alkanes) is 4. The number of allylic oxidation sites excluding steroid dienone is 1. The molecular formula is C20H34O4S. The molecule has 2 aliphatic rings. The lowest BCUT2D eigenvalue weighted by Crippen LogP contribution is -2.22. The van der Waals surface area contributed by atoms with Gasteiger partial charge >= 0.3 is 5.97 Å². The van der Waals surface area contributed by atoms with E-state index < -0.39 is 12.1 Å². The van der Waals surface area contributed by atoms with Crippen molar-refractivity contribution in [3.63, 3.8) is 0 Å². The summed E-state index contributed by atoms with van der Waals surface area (Å²) >= 11 is 1.49. The molecule has 0 bridgehead atoms. The number of aliphatic hydroxyl groups excluding tert-OH is 2. The standard InChI is InChI=1S/C20H34O4S/c1-2-3-4-5-6-7-17(21)20-16-11-14(8-9-25-13-19(23)24)10-15(16)12-18(20)22/h7,14-16,18,20-22H,2-6,8-13H2,1H3,(H,23,24)/t14-,15-,16-,18+,20-/m1/s1. The molecule has 4 nitrogen and oxygen atoms in total. The Labute approximate surface area is 156 Å². The molecule has 2 saturated carbocycles. The number of aliphatic hydroxyl groups is 2. The lowest BCUT2D eigenvalue weighted by Gasteiger charge is -2.21. The van der Waals surface area contributed by atoms with Gasteiger partial charge in [0.1, 0.15) is 0 Å². The number of carboxylic acid groups (broad SMARTS) is 1. The van der Waals surface area contributed by atoms with Crippen LogP contribution in [0.2, 0.25) is 0 Å². The van der Waals surface area contributed by atoms with Crippen LogP contribution in [0.25, 0.3) is 0 Å². The Bertz CT molecular complexity index is 451. The van der Waals surface area contributed by atoms with Crippen molar-refractivity contribution < 1.29 is 20.1 Å². The second-order valence-corrected chi connectivity index (χ2v) is 8.91. The Kier molecular flexibility index (Phi) is 8.63. The lowest BCUT2D eigenvalue weighted by atomic mass is 9.88. The average molecular weight is 371 g/mol. The van der Waals surface area contributed by atoms with Crippen molar-refractivity contribution in [2.45, 2.75) is 70.8 Å². The quantitative estimate of drug-likeness (QED) is 0.365. The van der Waals surface area contributed by atoms with Gasteiger partial charge in [-0.3, -0.25) is 4.79 Å². The molecule has 0 unspecified atom stereocenters. The van der Waals surface area contributed by atoms with Gasteiger partial charge < -0.3 is 15.3 Å². The molecule has 3 N–H and O–H groups in total. The van der Waals surface area contributed by atoms with Gasteiger partial charge in [0.25, 0.3) is 0 Å². The molecule has 0 heterocycles. The van der Waals surface area contributed by atoms with Crippen LogP contribution in [0.1, 0.15) is 64.7 Å². The number of rotatable bonds is 11. The summed E-state index contributed by atoms with van der Waals surface area (Å²) in [6, 6.07) is 0. The van der Waals surface area contributed by atoms with E-state index in [-0.39, 0.29) is 11.7 Å². The lowest BCUT2D eigenvalue weighted by molar-refractivity contribution is -0.133. The van der Waals surface area contributed by atoms with E-state index in [1.54, 1.807) is 0 Å². The zero-order valence-electron chi connectivity index (χ0n) is 15.4. The Morgan fingerprint density at radius 2 is 1.96 bits per heavy atom. The van der Waals surface area contributed by atoms with E-state index in [1.165, 1.54) is 31.0 Å². The van der Waals surface area contributed by atoms with Crippen LogP contribution in [-0.2, 0) is 4.79 Å². The highest BCUT2D eigenvalue weighted by Crippen LogP contribution is 2.52. The molecule has 2 fully saturated rings. The zero-order chi connectivity index (χ0) is 18.2. The van der Waals surface area contributed by atoms with Crippen LogP contribution >= 0.6 is 11.8 Å². The second-order valence-electron chi connectivity index (χ2n) is 7.80. The summed E-state index contributed by atoms with van der Waals surface area (Å²) in [4.78, 5) is 10.6. The molecule has 144 valence electrons. The first kappa shape index (κ1) is 20.6. The highest BCUT2D eigenvalue weighted by Gasteiger charge is 2.49. The molecule has 0 amide bonds. The second kappa shape index (κ2) is 10.5. The predicted molar refractivity (Wildman–Crippen MR) is 103 cm³/mol. The molecule has 0 radical (unpaired) electrons. The first-order chi connectivity index (χ1) is 12.0. The van der Waals surface area contributed by atoms with E-state index in [2.05, 4.69) is 6.92 Å². The van der Waals surface area contributed by atoms with Crippen LogP contribution in [0.4, 0.5) is 0 Å². The SMILES string of the molecule is CCCCCCC=C(O)[C@H]1[C@@H]2C[C@H](CCSCC(=O)O)C[C@@H]2C[C@@H]1O. The molecule has 25 heavy (non-hydrogen) atoms. The van der Waals surface area contributed by atoms with Gasteiger partial charge in [0.05, 0.1) is 17.6 Å². The van der Waals surface area contributed by atoms with Crippen LogP contribution in [-0.4, -0.2) is 38.9 Å². The van der Waals surface area contributed by atoms with Crippen molar-refractivity contribution in [2.24, 2.45) is 23.7 Å². The van der Waals surface area contributed by atoms with Crippen molar-refractivity contribution in [3.05, 3.63) is 11.8 Å². The molecule has 0 aromatic carbocycles. The molecule has 0 aromatic heterocycles. The van der Waals surface area contributed by atoms with Gasteiger partial charge in [0.15, 0.2) is 0 Å². The van der Waals surface area contributed by atoms with E-state index >= 15 is 0 Å². The van der Waals surface area contributed by atoms with E-state index in [1.807, 2.05) is 6.08 Å². The number of hydrogen-bond acceptors (Lipinski definition) is 4. The smallest absolute Gasteiger partial charge is 0.313 e. The zero-order valence-corrected chi connectivity index (χ0v) is 16.2. The topological polar surface area (TPSA) is 77.8 Å². The normalized spacial score (nSPS) is 32.1. The number of fused-ring (bicyclic) bond motifs is 1. The monoisotopic (exact) mass is 370 g/mol. The minimum absolute atomic E-state index is 0.0761. The number of hydrogen-bond donors (Lipinski definition) is 3. The third kappa shape index (κ3) is 6.21. The highest BCUT2D eigenvalue weighted by molar-refractivity contribution is 7.99. The molecule has 0 aromatic rings. The van der Waals surface area contributed by atoms with Crippen molar-refractivity contribution >= 4 is 17.7 Å². The summed E-state index contributed by atoms with van der Waals surface area (Å²) in [7, 11) is 0. The van der Waals surface area contributed by atoms with Crippen molar-refractivity contribution in [1.82, 2.24) is 0 Å². The van der Waals surface area contributed by atoms with Gasteiger partial charge in [-0.05, 0) is 68.1 Å². The van der Waals surface area contributed by atoms with Crippen LogP contribution in [0.15, 0.2) is 11.8 Å². The molecule has 0 spiro atoms. The van der Waals surface area contributed by atoms with Gasteiger partial charge in [0, 0.05) is 5.92 Å². The van der Waals surface area contributed by atoms with Crippen LogP contribution < -0.4 is 0 Å². The van der Waals surface area contributed by atoms with Crippen LogP contribution in [0.3, 0.4) is 0 Å². The summed E-state index contributed by atoms with van der Waals surface area (Å²) < 4.78 is 0. The van der Waals surface area contributed by atoms with Crippen molar-refractivity contribution in [2.75, 3.05) is 11.5 Å². The van der Waals surface area contributed by atoms with Gasteiger partial charge in [-0.15, -0.1) is 0 Å². The Hall–Kier alpha value is -0.680. The molecule has 5 heteroatoms. The first-order valence-electron chi connectivity index (χ1n) is 9.89.